The highest BCUT2D eigenvalue weighted by Crippen LogP contribution is 2.21. The third-order valence-corrected chi connectivity index (χ3v) is 4.46. The smallest absolute Gasteiger partial charge is 0.321 e. The highest BCUT2D eigenvalue weighted by Gasteiger charge is 2.28. The molecule has 1 aliphatic rings. The number of nitrogens with zero attached hydrogens (tertiary/aromatic N) is 3. The van der Waals surface area contributed by atoms with Crippen LogP contribution in [0.4, 0.5) is 10.5 Å². The first-order valence-electron chi connectivity index (χ1n) is 7.62. The molecule has 0 aliphatic carbocycles. The summed E-state index contributed by atoms with van der Waals surface area (Å²) in [6.07, 6.45) is 1.28. The molecule has 1 aromatic carbocycles. The molecular formula is C15H18N4O3S. The zero-order valence-corrected chi connectivity index (χ0v) is 13.6. The summed E-state index contributed by atoms with van der Waals surface area (Å²) in [5, 5.41) is 2.87. The van der Waals surface area contributed by atoms with Crippen molar-refractivity contribution in [3.8, 4) is 0 Å². The zero-order chi connectivity index (χ0) is 16.2. The fraction of sp³-hybridized carbons (Fsp3) is 0.467. The number of aromatic nitrogens is 2. The lowest BCUT2D eigenvalue weighted by Gasteiger charge is -2.30. The van der Waals surface area contributed by atoms with Crippen molar-refractivity contribution in [3.05, 3.63) is 18.2 Å². The Hall–Kier alpha value is -2.22. The van der Waals surface area contributed by atoms with Crippen molar-refractivity contribution in [1.82, 2.24) is 13.6 Å². The fourth-order valence-corrected chi connectivity index (χ4v) is 3.16. The molecule has 0 saturated carbocycles. The first-order chi connectivity index (χ1) is 11.2. The van der Waals surface area contributed by atoms with E-state index in [0.717, 1.165) is 22.8 Å². The van der Waals surface area contributed by atoms with E-state index in [9.17, 15) is 9.59 Å². The Morgan fingerprint density at radius 2 is 2.04 bits per heavy atom. The summed E-state index contributed by atoms with van der Waals surface area (Å²) in [4.78, 5) is 25.7. The number of urea groups is 1. The average Bonchev–Trinajstić information content (AvgIpc) is 3.03. The van der Waals surface area contributed by atoms with Crippen LogP contribution in [0.5, 0.6) is 0 Å². The number of carbonyl (C=O) groups is 2. The second-order valence-corrected chi connectivity index (χ2v) is 5.94. The Morgan fingerprint density at radius 3 is 2.78 bits per heavy atom. The van der Waals surface area contributed by atoms with Crippen LogP contribution in [-0.4, -0.2) is 45.3 Å². The quantitative estimate of drug-likeness (QED) is 0.872. The Labute approximate surface area is 137 Å². The van der Waals surface area contributed by atoms with Crippen molar-refractivity contribution in [2.45, 2.75) is 19.8 Å². The Morgan fingerprint density at radius 1 is 1.30 bits per heavy atom. The maximum absolute atomic E-state index is 12.3. The largest absolute Gasteiger partial charge is 0.466 e. The van der Waals surface area contributed by atoms with Crippen LogP contribution in [0.3, 0.4) is 0 Å². The molecule has 0 unspecified atom stereocenters. The summed E-state index contributed by atoms with van der Waals surface area (Å²) >= 11 is 1.15. The number of nitrogens with one attached hydrogen (secondary N) is 1. The second kappa shape index (κ2) is 6.91. The first-order valence-corrected chi connectivity index (χ1v) is 8.35. The third kappa shape index (κ3) is 3.58. The van der Waals surface area contributed by atoms with E-state index in [-0.39, 0.29) is 17.9 Å². The summed E-state index contributed by atoms with van der Waals surface area (Å²) < 4.78 is 13.3. The monoisotopic (exact) mass is 334 g/mol. The standard InChI is InChI=1S/C15H18N4O3S/c1-2-22-14(20)10-5-7-19(8-6-10)15(21)16-11-3-4-12-13(9-11)18-23-17-12/h3-4,9-10H,2,5-8H2,1H3,(H,16,21). The third-order valence-electron chi connectivity index (χ3n) is 3.91. The average molecular weight is 334 g/mol. The number of benzene rings is 1. The molecule has 2 heterocycles. The van der Waals surface area contributed by atoms with Crippen LogP contribution in [-0.2, 0) is 9.53 Å². The van der Waals surface area contributed by atoms with Crippen LogP contribution in [0.2, 0.25) is 0 Å². The van der Waals surface area contributed by atoms with Gasteiger partial charge in [0.05, 0.1) is 24.3 Å². The van der Waals surface area contributed by atoms with Gasteiger partial charge in [0.15, 0.2) is 0 Å². The van der Waals surface area contributed by atoms with Gasteiger partial charge in [-0.05, 0) is 38.0 Å². The molecule has 2 amide bonds. The molecule has 1 fully saturated rings. The van der Waals surface area contributed by atoms with Crippen molar-refractivity contribution in [2.75, 3.05) is 25.0 Å². The number of anilines is 1. The number of piperidine rings is 1. The molecular weight excluding hydrogens is 316 g/mol. The van der Waals surface area contributed by atoms with E-state index >= 15 is 0 Å². The summed E-state index contributed by atoms with van der Waals surface area (Å²) in [7, 11) is 0. The summed E-state index contributed by atoms with van der Waals surface area (Å²) in [5.74, 6) is -0.259. The molecule has 1 N–H and O–H groups in total. The van der Waals surface area contributed by atoms with Crippen LogP contribution in [0.25, 0.3) is 11.0 Å². The maximum atomic E-state index is 12.3. The van der Waals surface area contributed by atoms with Gasteiger partial charge in [0.25, 0.3) is 0 Å². The molecule has 0 atom stereocenters. The molecule has 8 heteroatoms. The number of amides is 2. The van der Waals surface area contributed by atoms with E-state index in [1.165, 1.54) is 0 Å². The van der Waals surface area contributed by atoms with Gasteiger partial charge in [0.2, 0.25) is 0 Å². The fourth-order valence-electron chi connectivity index (χ4n) is 2.64. The van der Waals surface area contributed by atoms with Gasteiger partial charge in [-0.25, -0.2) is 4.79 Å². The lowest BCUT2D eigenvalue weighted by atomic mass is 9.97. The van der Waals surface area contributed by atoms with Gasteiger partial charge in [-0.2, -0.15) is 8.75 Å². The molecule has 2 aromatic rings. The van der Waals surface area contributed by atoms with Crippen LogP contribution in [0, 0.1) is 5.92 Å². The summed E-state index contributed by atoms with van der Waals surface area (Å²) in [5.41, 5.74) is 2.29. The van der Waals surface area contributed by atoms with E-state index < -0.39 is 0 Å². The maximum Gasteiger partial charge on any atom is 0.321 e. The van der Waals surface area contributed by atoms with Crippen molar-refractivity contribution in [2.24, 2.45) is 5.92 Å². The molecule has 1 saturated heterocycles. The minimum Gasteiger partial charge on any atom is -0.466 e. The van der Waals surface area contributed by atoms with Crippen molar-refractivity contribution in [3.63, 3.8) is 0 Å². The van der Waals surface area contributed by atoms with Gasteiger partial charge in [-0.3, -0.25) is 4.79 Å². The number of rotatable bonds is 3. The van der Waals surface area contributed by atoms with E-state index in [4.69, 9.17) is 4.74 Å². The van der Waals surface area contributed by atoms with E-state index in [1.807, 2.05) is 18.2 Å². The number of hydrogen-bond acceptors (Lipinski definition) is 6. The SMILES string of the molecule is CCOC(=O)C1CCN(C(=O)Nc2ccc3nsnc3c2)CC1. The van der Waals surface area contributed by atoms with Crippen molar-refractivity contribution < 1.29 is 14.3 Å². The highest BCUT2D eigenvalue weighted by atomic mass is 32.1. The van der Waals surface area contributed by atoms with Gasteiger partial charge in [0, 0.05) is 18.8 Å². The van der Waals surface area contributed by atoms with Crippen LogP contribution < -0.4 is 5.32 Å². The number of carbonyl (C=O) groups excluding carboxylic acids is 2. The van der Waals surface area contributed by atoms with Gasteiger partial charge >= 0.3 is 12.0 Å². The Kier molecular flexibility index (Phi) is 4.71. The van der Waals surface area contributed by atoms with Crippen molar-refractivity contribution >= 4 is 40.4 Å². The summed E-state index contributed by atoms with van der Waals surface area (Å²) in [6.45, 7) is 3.30. The normalized spacial score (nSPS) is 15.6. The van der Waals surface area contributed by atoms with Crippen LogP contribution in [0.15, 0.2) is 18.2 Å². The van der Waals surface area contributed by atoms with Gasteiger partial charge in [-0.15, -0.1) is 0 Å². The number of esters is 1. The predicted molar refractivity (Wildman–Crippen MR) is 87.4 cm³/mol. The molecule has 0 spiro atoms. The topological polar surface area (TPSA) is 84.4 Å². The van der Waals surface area contributed by atoms with Gasteiger partial charge in [-0.1, -0.05) is 0 Å². The molecule has 3 rings (SSSR count). The molecule has 1 aromatic heterocycles. The minimum atomic E-state index is -0.158. The lowest BCUT2D eigenvalue weighted by Crippen LogP contribution is -2.42. The van der Waals surface area contributed by atoms with E-state index in [2.05, 4.69) is 14.1 Å². The molecule has 7 nitrogen and oxygen atoms in total. The zero-order valence-electron chi connectivity index (χ0n) is 12.8. The molecule has 1 aliphatic heterocycles. The van der Waals surface area contributed by atoms with E-state index in [1.54, 1.807) is 11.8 Å². The number of hydrogen-bond donors (Lipinski definition) is 1. The minimum absolute atomic E-state index is 0.101. The molecule has 0 bridgehead atoms. The van der Waals surface area contributed by atoms with E-state index in [0.29, 0.717) is 38.2 Å². The summed E-state index contributed by atoms with van der Waals surface area (Å²) in [6, 6.07) is 5.30. The first kappa shape index (κ1) is 15.7. The molecule has 0 radical (unpaired) electrons. The van der Waals surface area contributed by atoms with Crippen LogP contribution in [0.1, 0.15) is 19.8 Å². The molecule has 122 valence electrons. The lowest BCUT2D eigenvalue weighted by molar-refractivity contribution is -0.149. The Bertz CT molecular complexity index is 710. The number of ether oxygens (including phenoxy) is 1. The predicted octanol–water partition coefficient (Wildman–Crippen LogP) is 2.50. The molecule has 23 heavy (non-hydrogen) atoms. The van der Waals surface area contributed by atoms with Crippen molar-refractivity contribution in [1.29, 1.82) is 0 Å². The number of likely N-dealkylation sites (tertiary alicyclic amines) is 1. The second-order valence-electron chi connectivity index (χ2n) is 5.41. The Balaban J connectivity index is 1.56. The number of fused-ring (bicyclic) bond motifs is 1. The van der Waals surface area contributed by atoms with Gasteiger partial charge < -0.3 is 15.0 Å². The van der Waals surface area contributed by atoms with Crippen LogP contribution >= 0.6 is 11.7 Å². The highest BCUT2D eigenvalue weighted by molar-refractivity contribution is 7.00. The van der Waals surface area contributed by atoms with Gasteiger partial charge in [0.1, 0.15) is 11.0 Å².